The van der Waals surface area contributed by atoms with Crippen LogP contribution in [0.1, 0.15) is 38.5 Å². The molecule has 3 nitrogen and oxygen atoms in total. The van der Waals surface area contributed by atoms with Crippen molar-refractivity contribution < 1.29 is 4.74 Å². The molecule has 2 fully saturated rings. The van der Waals surface area contributed by atoms with Gasteiger partial charge in [0.2, 0.25) is 0 Å². The average Bonchev–Trinajstić information content (AvgIpc) is 2.87. The predicted octanol–water partition coefficient (Wildman–Crippen LogP) is 1.27. The number of hydrogen-bond donors (Lipinski definition) is 2. The molecule has 0 saturated heterocycles. The summed E-state index contributed by atoms with van der Waals surface area (Å²) in [6.45, 7) is 0.835. The van der Waals surface area contributed by atoms with Crippen molar-refractivity contribution in [1.82, 2.24) is 5.32 Å². The van der Waals surface area contributed by atoms with Gasteiger partial charge in [-0.15, -0.1) is 0 Å². The fraction of sp³-hybridized carbons (Fsp3) is 1.00. The van der Waals surface area contributed by atoms with Gasteiger partial charge in [-0.1, -0.05) is 6.42 Å². The third-order valence-corrected chi connectivity index (χ3v) is 4.15. The third kappa shape index (κ3) is 2.52. The Morgan fingerprint density at radius 3 is 2.60 bits per heavy atom. The zero-order valence-electron chi connectivity index (χ0n) is 9.74. The molecule has 0 aliphatic heterocycles. The lowest BCUT2D eigenvalue weighted by molar-refractivity contribution is 0.0794. The summed E-state index contributed by atoms with van der Waals surface area (Å²) in [6, 6.07) is 1.22. The Labute approximate surface area is 92.7 Å². The highest BCUT2D eigenvalue weighted by atomic mass is 16.5. The average molecular weight is 212 g/mol. The van der Waals surface area contributed by atoms with Gasteiger partial charge in [0.15, 0.2) is 0 Å². The van der Waals surface area contributed by atoms with Crippen molar-refractivity contribution in [1.29, 1.82) is 0 Å². The highest BCUT2D eigenvalue weighted by molar-refractivity contribution is 4.91. The number of hydrogen-bond acceptors (Lipinski definition) is 3. The van der Waals surface area contributed by atoms with Crippen LogP contribution in [0.3, 0.4) is 0 Å². The molecule has 0 radical (unpaired) electrons. The Morgan fingerprint density at radius 2 is 1.87 bits per heavy atom. The van der Waals surface area contributed by atoms with Gasteiger partial charge in [0.25, 0.3) is 0 Å². The number of methoxy groups -OCH3 is 1. The molecule has 0 aromatic rings. The van der Waals surface area contributed by atoms with Crippen LogP contribution in [0, 0.1) is 5.92 Å². The van der Waals surface area contributed by atoms with Crippen LogP contribution in [-0.4, -0.2) is 31.8 Å². The van der Waals surface area contributed by atoms with E-state index in [1.54, 1.807) is 0 Å². The normalized spacial score (nSPS) is 41.2. The zero-order valence-corrected chi connectivity index (χ0v) is 9.74. The van der Waals surface area contributed by atoms with Gasteiger partial charge >= 0.3 is 0 Å². The first-order valence-corrected chi connectivity index (χ1v) is 6.34. The molecule has 0 bridgehead atoms. The quantitative estimate of drug-likeness (QED) is 0.738. The van der Waals surface area contributed by atoms with E-state index in [0.717, 1.165) is 6.54 Å². The first-order valence-electron chi connectivity index (χ1n) is 6.34. The Kier molecular flexibility index (Phi) is 4.00. The second kappa shape index (κ2) is 5.28. The van der Waals surface area contributed by atoms with E-state index < -0.39 is 0 Å². The van der Waals surface area contributed by atoms with E-state index in [4.69, 9.17) is 10.5 Å². The summed E-state index contributed by atoms with van der Waals surface area (Å²) in [5, 5.41) is 3.77. The minimum Gasteiger partial charge on any atom is -0.380 e. The Bertz CT molecular complexity index is 178. The summed E-state index contributed by atoms with van der Waals surface area (Å²) in [5.41, 5.74) is 5.79. The number of rotatable bonds is 4. The predicted molar refractivity (Wildman–Crippen MR) is 61.8 cm³/mol. The zero-order chi connectivity index (χ0) is 10.7. The van der Waals surface area contributed by atoms with E-state index in [0.29, 0.717) is 24.1 Å². The molecule has 4 unspecified atom stereocenters. The molecular formula is C12H24N2O. The van der Waals surface area contributed by atoms with Crippen LogP contribution < -0.4 is 11.1 Å². The summed E-state index contributed by atoms with van der Waals surface area (Å²) < 4.78 is 5.51. The van der Waals surface area contributed by atoms with Gasteiger partial charge in [-0.3, -0.25) is 0 Å². The molecule has 2 rings (SSSR count). The van der Waals surface area contributed by atoms with Crippen molar-refractivity contribution in [3.63, 3.8) is 0 Å². The van der Waals surface area contributed by atoms with Crippen molar-refractivity contribution in [3.8, 4) is 0 Å². The molecule has 0 heterocycles. The SMILES string of the molecule is COC1CCCC1NC1CCCC1CN. The second-order valence-electron chi connectivity index (χ2n) is 5.01. The van der Waals surface area contributed by atoms with Crippen molar-refractivity contribution in [2.24, 2.45) is 11.7 Å². The summed E-state index contributed by atoms with van der Waals surface area (Å²) in [4.78, 5) is 0. The summed E-state index contributed by atoms with van der Waals surface area (Å²) in [6.07, 6.45) is 8.16. The molecule has 88 valence electrons. The summed E-state index contributed by atoms with van der Waals surface area (Å²) >= 11 is 0. The van der Waals surface area contributed by atoms with Crippen LogP contribution in [-0.2, 0) is 4.74 Å². The second-order valence-corrected chi connectivity index (χ2v) is 5.01. The molecule has 3 N–H and O–H groups in total. The molecule has 0 aromatic heterocycles. The smallest absolute Gasteiger partial charge is 0.0724 e. The molecule has 2 aliphatic rings. The number of nitrogens with two attached hydrogens (primary N) is 1. The van der Waals surface area contributed by atoms with E-state index >= 15 is 0 Å². The fourth-order valence-corrected chi connectivity index (χ4v) is 3.21. The highest BCUT2D eigenvalue weighted by Gasteiger charge is 2.33. The molecule has 0 spiro atoms. The van der Waals surface area contributed by atoms with Gasteiger partial charge in [-0.2, -0.15) is 0 Å². The molecular weight excluding hydrogens is 188 g/mol. The van der Waals surface area contributed by atoms with Crippen LogP contribution in [0.15, 0.2) is 0 Å². The highest BCUT2D eigenvalue weighted by Crippen LogP contribution is 2.28. The minimum atomic E-state index is 0.434. The molecule has 2 saturated carbocycles. The first-order chi connectivity index (χ1) is 7.35. The first kappa shape index (κ1) is 11.4. The van der Waals surface area contributed by atoms with Crippen molar-refractivity contribution in [2.45, 2.75) is 56.7 Å². The Morgan fingerprint density at radius 1 is 1.13 bits per heavy atom. The van der Waals surface area contributed by atoms with Crippen LogP contribution in [0.25, 0.3) is 0 Å². The Balaban J connectivity index is 1.84. The topological polar surface area (TPSA) is 47.3 Å². The summed E-state index contributed by atoms with van der Waals surface area (Å²) in [7, 11) is 1.83. The maximum Gasteiger partial charge on any atom is 0.0724 e. The lowest BCUT2D eigenvalue weighted by Crippen LogP contribution is -2.46. The van der Waals surface area contributed by atoms with E-state index in [1.165, 1.54) is 38.5 Å². The minimum absolute atomic E-state index is 0.434. The lowest BCUT2D eigenvalue weighted by Gasteiger charge is -2.27. The van der Waals surface area contributed by atoms with Crippen molar-refractivity contribution in [2.75, 3.05) is 13.7 Å². The van der Waals surface area contributed by atoms with Gasteiger partial charge in [0.1, 0.15) is 0 Å². The molecule has 0 aromatic carbocycles. The van der Waals surface area contributed by atoms with Crippen molar-refractivity contribution in [3.05, 3.63) is 0 Å². The van der Waals surface area contributed by atoms with Crippen LogP contribution >= 0.6 is 0 Å². The van der Waals surface area contributed by atoms with Gasteiger partial charge in [-0.25, -0.2) is 0 Å². The summed E-state index contributed by atoms with van der Waals surface area (Å²) in [5.74, 6) is 0.697. The van der Waals surface area contributed by atoms with E-state index in [1.807, 2.05) is 7.11 Å². The maximum absolute atomic E-state index is 5.79. The van der Waals surface area contributed by atoms with Crippen LogP contribution in [0.5, 0.6) is 0 Å². The van der Waals surface area contributed by atoms with Gasteiger partial charge < -0.3 is 15.8 Å². The van der Waals surface area contributed by atoms with Gasteiger partial charge in [0.05, 0.1) is 6.10 Å². The van der Waals surface area contributed by atoms with Crippen molar-refractivity contribution >= 4 is 0 Å². The van der Waals surface area contributed by atoms with E-state index in [-0.39, 0.29) is 0 Å². The van der Waals surface area contributed by atoms with Gasteiger partial charge in [0, 0.05) is 19.2 Å². The fourth-order valence-electron chi connectivity index (χ4n) is 3.21. The van der Waals surface area contributed by atoms with Gasteiger partial charge in [-0.05, 0) is 44.6 Å². The molecule has 15 heavy (non-hydrogen) atoms. The number of ether oxygens (including phenoxy) is 1. The standard InChI is InChI=1S/C12H24N2O/c1-15-12-7-3-6-11(12)14-10-5-2-4-9(10)8-13/h9-12,14H,2-8,13H2,1H3. The monoisotopic (exact) mass is 212 g/mol. The van der Waals surface area contributed by atoms with E-state index in [2.05, 4.69) is 5.32 Å². The molecule has 2 aliphatic carbocycles. The molecule has 3 heteroatoms. The van der Waals surface area contributed by atoms with Crippen LogP contribution in [0.2, 0.25) is 0 Å². The lowest BCUT2D eigenvalue weighted by atomic mass is 10.0. The third-order valence-electron chi connectivity index (χ3n) is 4.15. The van der Waals surface area contributed by atoms with Crippen LogP contribution in [0.4, 0.5) is 0 Å². The Hall–Kier alpha value is -0.120. The molecule has 4 atom stereocenters. The van der Waals surface area contributed by atoms with E-state index in [9.17, 15) is 0 Å². The molecule has 0 amide bonds. The number of nitrogens with one attached hydrogen (secondary N) is 1. The largest absolute Gasteiger partial charge is 0.380 e. The maximum atomic E-state index is 5.79.